The van der Waals surface area contributed by atoms with Crippen LogP contribution in [0.25, 0.3) is 11.4 Å². The quantitative estimate of drug-likeness (QED) is 0.938. The first kappa shape index (κ1) is 13.2. The fraction of sp³-hybridized carbons (Fsp3) is 0.250. The molecule has 1 aromatic heterocycles. The van der Waals surface area contributed by atoms with E-state index in [0.717, 1.165) is 10.0 Å². The van der Waals surface area contributed by atoms with Gasteiger partial charge >= 0.3 is 0 Å². The summed E-state index contributed by atoms with van der Waals surface area (Å²) < 4.78 is 5.24. The van der Waals surface area contributed by atoms with Gasteiger partial charge < -0.3 is 5.32 Å². The molecule has 0 aliphatic heterocycles. The average Bonchev–Trinajstić information content (AvgIpc) is 2.78. The van der Waals surface area contributed by atoms with Crippen LogP contribution < -0.4 is 5.32 Å². The van der Waals surface area contributed by atoms with Crippen LogP contribution in [0.2, 0.25) is 0 Å². The van der Waals surface area contributed by atoms with E-state index in [1.54, 1.807) is 0 Å². The molecule has 1 N–H and O–H groups in total. The van der Waals surface area contributed by atoms with Crippen molar-refractivity contribution < 1.29 is 4.79 Å². The molecule has 0 radical (unpaired) electrons. The second-order valence-corrected chi connectivity index (χ2v) is 5.74. The van der Waals surface area contributed by atoms with Crippen LogP contribution in [-0.2, 0) is 4.79 Å². The highest BCUT2D eigenvalue weighted by Gasteiger charge is 2.11. The molecule has 0 fully saturated rings. The van der Waals surface area contributed by atoms with Crippen molar-refractivity contribution in [2.75, 3.05) is 5.32 Å². The first-order valence-corrected chi connectivity index (χ1v) is 7.03. The molecule has 18 heavy (non-hydrogen) atoms. The molecule has 4 nitrogen and oxygen atoms in total. The fourth-order valence-electron chi connectivity index (χ4n) is 1.24. The molecule has 1 aromatic carbocycles. The second kappa shape index (κ2) is 5.58. The Balaban J connectivity index is 2.15. The van der Waals surface area contributed by atoms with E-state index in [-0.39, 0.29) is 11.8 Å². The lowest BCUT2D eigenvalue weighted by Gasteiger charge is -2.02. The lowest BCUT2D eigenvalue weighted by Crippen LogP contribution is -2.17. The van der Waals surface area contributed by atoms with E-state index >= 15 is 0 Å². The van der Waals surface area contributed by atoms with Crippen molar-refractivity contribution in [3.05, 3.63) is 28.7 Å². The molecular formula is C12H12BrN3OS. The van der Waals surface area contributed by atoms with Gasteiger partial charge in [0, 0.05) is 27.5 Å². The molecule has 94 valence electrons. The Morgan fingerprint density at radius 1 is 1.33 bits per heavy atom. The average molecular weight is 326 g/mol. The van der Waals surface area contributed by atoms with Crippen molar-refractivity contribution >= 4 is 38.5 Å². The van der Waals surface area contributed by atoms with E-state index < -0.39 is 0 Å². The van der Waals surface area contributed by atoms with Crippen molar-refractivity contribution in [1.29, 1.82) is 0 Å². The predicted molar refractivity (Wildman–Crippen MR) is 76.5 cm³/mol. The smallest absolute Gasteiger partial charge is 0.228 e. The van der Waals surface area contributed by atoms with Crippen molar-refractivity contribution in [2.24, 2.45) is 5.92 Å². The lowest BCUT2D eigenvalue weighted by molar-refractivity contribution is -0.118. The third-order valence-electron chi connectivity index (χ3n) is 2.28. The number of hydrogen-bond donors (Lipinski definition) is 1. The van der Waals surface area contributed by atoms with Crippen molar-refractivity contribution in [1.82, 2.24) is 9.36 Å². The maximum Gasteiger partial charge on any atom is 0.228 e. The molecule has 2 rings (SSSR count). The highest BCUT2D eigenvalue weighted by molar-refractivity contribution is 9.10. The minimum Gasteiger partial charge on any atom is -0.300 e. The Morgan fingerprint density at radius 3 is 2.61 bits per heavy atom. The summed E-state index contributed by atoms with van der Waals surface area (Å²) in [7, 11) is 0. The normalized spacial score (nSPS) is 10.7. The zero-order valence-corrected chi connectivity index (χ0v) is 12.4. The van der Waals surface area contributed by atoms with Crippen LogP contribution in [0, 0.1) is 5.92 Å². The molecule has 0 saturated carbocycles. The Hall–Kier alpha value is -1.27. The summed E-state index contributed by atoms with van der Waals surface area (Å²) in [5.74, 6) is 0.519. The van der Waals surface area contributed by atoms with E-state index in [0.29, 0.717) is 11.0 Å². The third kappa shape index (κ3) is 3.14. The van der Waals surface area contributed by atoms with Crippen LogP contribution in [0.5, 0.6) is 0 Å². The maximum atomic E-state index is 11.5. The van der Waals surface area contributed by atoms with Crippen molar-refractivity contribution in [3.8, 4) is 11.4 Å². The number of carbonyl (C=O) groups excluding carboxylic acids is 1. The molecule has 6 heteroatoms. The van der Waals surface area contributed by atoms with Gasteiger partial charge in [-0.15, -0.1) is 0 Å². The predicted octanol–water partition coefficient (Wildman–Crippen LogP) is 3.56. The fourth-order valence-corrected chi connectivity index (χ4v) is 2.10. The van der Waals surface area contributed by atoms with Crippen molar-refractivity contribution in [2.45, 2.75) is 13.8 Å². The van der Waals surface area contributed by atoms with Gasteiger partial charge in [-0.05, 0) is 12.1 Å². The van der Waals surface area contributed by atoms with Crippen LogP contribution in [-0.4, -0.2) is 15.3 Å². The summed E-state index contributed by atoms with van der Waals surface area (Å²) in [5, 5.41) is 3.27. The van der Waals surface area contributed by atoms with E-state index in [1.807, 2.05) is 38.1 Å². The number of halogens is 1. The number of hydrogen-bond acceptors (Lipinski definition) is 4. The lowest BCUT2D eigenvalue weighted by atomic mass is 10.2. The highest BCUT2D eigenvalue weighted by atomic mass is 79.9. The van der Waals surface area contributed by atoms with E-state index in [9.17, 15) is 4.79 Å². The van der Waals surface area contributed by atoms with Crippen LogP contribution in [0.3, 0.4) is 0 Å². The van der Waals surface area contributed by atoms with Crippen LogP contribution in [0.15, 0.2) is 28.7 Å². The molecule has 0 aliphatic rings. The largest absolute Gasteiger partial charge is 0.300 e. The first-order chi connectivity index (χ1) is 8.56. The molecule has 0 aliphatic carbocycles. The minimum absolute atomic E-state index is 0.0477. The van der Waals surface area contributed by atoms with Crippen LogP contribution in [0.4, 0.5) is 5.13 Å². The summed E-state index contributed by atoms with van der Waals surface area (Å²) in [6.45, 7) is 3.68. The van der Waals surface area contributed by atoms with E-state index in [1.165, 1.54) is 11.5 Å². The molecular weight excluding hydrogens is 314 g/mol. The molecule has 0 bridgehead atoms. The highest BCUT2D eigenvalue weighted by Crippen LogP contribution is 2.23. The van der Waals surface area contributed by atoms with Crippen LogP contribution >= 0.6 is 27.5 Å². The molecule has 0 spiro atoms. The van der Waals surface area contributed by atoms with Gasteiger partial charge in [0.2, 0.25) is 11.0 Å². The first-order valence-electron chi connectivity index (χ1n) is 5.47. The molecule has 0 saturated heterocycles. The number of aromatic nitrogens is 2. The van der Waals surface area contributed by atoms with Gasteiger partial charge in [-0.3, -0.25) is 4.79 Å². The van der Waals surface area contributed by atoms with Gasteiger partial charge in [0.15, 0.2) is 5.82 Å². The topological polar surface area (TPSA) is 54.9 Å². The van der Waals surface area contributed by atoms with Gasteiger partial charge in [0.1, 0.15) is 0 Å². The number of rotatable bonds is 3. The zero-order valence-electron chi connectivity index (χ0n) is 9.98. The molecule has 2 aromatic rings. The molecule has 1 heterocycles. The number of nitrogens with zero attached hydrogens (tertiary/aromatic N) is 2. The standard InChI is InChI=1S/C12H12BrN3OS/c1-7(2)11(17)15-12-14-10(16-18-12)8-3-5-9(13)6-4-8/h3-7H,1-2H3,(H,14,15,16,17). The minimum atomic E-state index is -0.0648. The number of benzene rings is 1. The Labute approximate surface area is 118 Å². The molecule has 1 amide bonds. The van der Waals surface area contributed by atoms with Gasteiger partial charge in [-0.2, -0.15) is 9.36 Å². The third-order valence-corrected chi connectivity index (χ3v) is 3.44. The Morgan fingerprint density at radius 2 is 2.00 bits per heavy atom. The van der Waals surface area contributed by atoms with Crippen molar-refractivity contribution in [3.63, 3.8) is 0 Å². The zero-order chi connectivity index (χ0) is 13.1. The van der Waals surface area contributed by atoms with Gasteiger partial charge in [0.05, 0.1) is 0 Å². The SMILES string of the molecule is CC(C)C(=O)Nc1nc(-c2ccc(Br)cc2)ns1. The van der Waals surface area contributed by atoms with Crippen LogP contribution in [0.1, 0.15) is 13.8 Å². The monoisotopic (exact) mass is 325 g/mol. The number of carbonyl (C=O) groups is 1. The van der Waals surface area contributed by atoms with E-state index in [2.05, 4.69) is 30.6 Å². The van der Waals surface area contributed by atoms with E-state index in [4.69, 9.17) is 0 Å². The Bertz CT molecular complexity index is 551. The molecule has 0 atom stereocenters. The van der Waals surface area contributed by atoms with Gasteiger partial charge in [0.25, 0.3) is 0 Å². The summed E-state index contributed by atoms with van der Waals surface area (Å²) >= 11 is 4.57. The number of amides is 1. The van der Waals surface area contributed by atoms with Gasteiger partial charge in [-0.1, -0.05) is 41.9 Å². The summed E-state index contributed by atoms with van der Waals surface area (Å²) in [6, 6.07) is 7.73. The summed E-state index contributed by atoms with van der Waals surface area (Å²) in [5.41, 5.74) is 0.930. The second-order valence-electron chi connectivity index (χ2n) is 4.07. The Kier molecular flexibility index (Phi) is 4.08. The summed E-state index contributed by atoms with van der Waals surface area (Å²) in [4.78, 5) is 15.8. The van der Waals surface area contributed by atoms with Gasteiger partial charge in [-0.25, -0.2) is 0 Å². The summed E-state index contributed by atoms with van der Waals surface area (Å²) in [6.07, 6.45) is 0. The number of nitrogens with one attached hydrogen (secondary N) is 1. The number of anilines is 1. The maximum absolute atomic E-state index is 11.5. The molecule has 0 unspecified atom stereocenters.